The molecule has 1 aliphatic heterocycles. The van der Waals surface area contributed by atoms with E-state index >= 15 is 0 Å². The summed E-state index contributed by atoms with van der Waals surface area (Å²) in [5.41, 5.74) is 1.78. The quantitative estimate of drug-likeness (QED) is 0.148. The van der Waals surface area contributed by atoms with Crippen LogP contribution in [0.4, 0.5) is 16.2 Å². The zero-order valence-electron chi connectivity index (χ0n) is 18.9. The van der Waals surface area contributed by atoms with Crippen LogP contribution in [0.5, 0.6) is 5.75 Å². The van der Waals surface area contributed by atoms with E-state index in [-0.39, 0.29) is 11.3 Å². The number of hydrogen-bond acceptors (Lipinski definition) is 4. The first-order valence-electron chi connectivity index (χ1n) is 10.9. The van der Waals surface area contributed by atoms with Crippen molar-refractivity contribution in [3.8, 4) is 5.75 Å². The highest BCUT2D eigenvalue weighted by Crippen LogP contribution is 2.35. The Morgan fingerprint density at radius 2 is 1.47 bits per heavy atom. The maximum Gasteiger partial charge on any atom is 0.343 e. The van der Waals surface area contributed by atoms with Crippen molar-refractivity contribution >= 4 is 91.3 Å². The van der Waals surface area contributed by atoms with Gasteiger partial charge in [-0.1, -0.05) is 54.1 Å². The average Bonchev–Trinajstić information content (AvgIpc) is 2.86. The molecule has 6 nitrogen and oxygen atoms in total. The van der Waals surface area contributed by atoms with Gasteiger partial charge in [0.05, 0.1) is 14.9 Å². The number of halogens is 2. The molecule has 4 aromatic rings. The monoisotopic (exact) mass is 700 g/mol. The lowest BCUT2D eigenvalue weighted by atomic mass is 10.0. The lowest BCUT2D eigenvalue weighted by Gasteiger charge is -2.34. The summed E-state index contributed by atoms with van der Waals surface area (Å²) in [6.07, 6.45) is 1.36. The molecule has 5 rings (SSSR count). The summed E-state index contributed by atoms with van der Waals surface area (Å²) in [5.74, 6) is -1.55. The van der Waals surface area contributed by atoms with Crippen LogP contribution in [0.2, 0.25) is 0 Å². The Balaban J connectivity index is 1.74. The van der Waals surface area contributed by atoms with Crippen LogP contribution in [0.15, 0.2) is 84.4 Å². The number of nitrogens with zero attached hydrogens (tertiary/aromatic N) is 2. The lowest BCUT2D eigenvalue weighted by molar-refractivity contribution is -0.121. The second-order valence-electron chi connectivity index (χ2n) is 8.28. The number of urea groups is 1. The van der Waals surface area contributed by atoms with Crippen LogP contribution in [0.25, 0.3) is 16.8 Å². The number of barbiturate groups is 1. The van der Waals surface area contributed by atoms with Crippen LogP contribution in [0.3, 0.4) is 0 Å². The first kappa shape index (κ1) is 24.4. The molecule has 0 unspecified atom stereocenters. The topological polar surface area (TPSA) is 77.9 Å². The Hall–Kier alpha value is -3.25. The molecule has 4 aromatic carbocycles. The fourth-order valence-electron chi connectivity index (χ4n) is 4.12. The summed E-state index contributed by atoms with van der Waals surface area (Å²) in [6.45, 7) is 1.91. The van der Waals surface area contributed by atoms with Crippen molar-refractivity contribution in [2.75, 3.05) is 9.80 Å². The number of imide groups is 2. The van der Waals surface area contributed by atoms with Crippen LogP contribution in [-0.2, 0) is 9.59 Å². The number of aromatic hydroxyl groups is 1. The smallest absolute Gasteiger partial charge is 0.343 e. The van der Waals surface area contributed by atoms with E-state index in [1.54, 1.807) is 48.5 Å². The molecule has 36 heavy (non-hydrogen) atoms. The van der Waals surface area contributed by atoms with Gasteiger partial charge >= 0.3 is 6.03 Å². The predicted molar refractivity (Wildman–Crippen MR) is 157 cm³/mol. The van der Waals surface area contributed by atoms with Gasteiger partial charge < -0.3 is 5.11 Å². The first-order valence-corrected chi connectivity index (χ1v) is 13.1. The van der Waals surface area contributed by atoms with Gasteiger partial charge in [-0.3, -0.25) is 9.59 Å². The molecule has 0 atom stereocenters. The van der Waals surface area contributed by atoms with E-state index in [1.165, 1.54) is 6.08 Å². The molecule has 0 aliphatic carbocycles. The minimum atomic E-state index is -0.760. The van der Waals surface area contributed by atoms with Crippen LogP contribution in [0.1, 0.15) is 11.1 Å². The molecule has 1 aliphatic rings. The molecule has 0 radical (unpaired) electrons. The molecule has 0 saturated carbocycles. The van der Waals surface area contributed by atoms with Crippen LogP contribution < -0.4 is 9.80 Å². The number of phenols is 1. The van der Waals surface area contributed by atoms with Crippen molar-refractivity contribution < 1.29 is 19.5 Å². The van der Waals surface area contributed by atoms with E-state index in [1.807, 2.05) is 59.8 Å². The predicted octanol–water partition coefficient (Wildman–Crippen LogP) is 6.65. The molecular weight excluding hydrogens is 682 g/mol. The van der Waals surface area contributed by atoms with E-state index in [2.05, 4.69) is 22.6 Å². The minimum Gasteiger partial charge on any atom is -0.506 e. The van der Waals surface area contributed by atoms with E-state index in [4.69, 9.17) is 0 Å². The summed E-state index contributed by atoms with van der Waals surface area (Å²) in [7, 11) is 0. The molecule has 0 aromatic heterocycles. The molecule has 1 saturated heterocycles. The molecular formula is C28H18I2N2O4. The summed E-state index contributed by atoms with van der Waals surface area (Å²) < 4.78 is 1.41. The largest absolute Gasteiger partial charge is 0.506 e. The fraction of sp³-hybridized carbons (Fsp3) is 0.0357. The second-order valence-corrected chi connectivity index (χ2v) is 10.7. The maximum absolute atomic E-state index is 13.8. The molecule has 178 valence electrons. The van der Waals surface area contributed by atoms with Gasteiger partial charge in [0.15, 0.2) is 0 Å². The third kappa shape index (κ3) is 4.28. The normalized spacial score (nSPS) is 15.3. The van der Waals surface area contributed by atoms with Crippen molar-refractivity contribution in [2.24, 2.45) is 0 Å². The van der Waals surface area contributed by atoms with Crippen LogP contribution in [0, 0.1) is 14.1 Å². The highest BCUT2D eigenvalue weighted by molar-refractivity contribution is 14.1. The van der Waals surface area contributed by atoms with E-state index in [9.17, 15) is 19.5 Å². The molecule has 0 spiro atoms. The third-order valence-electron chi connectivity index (χ3n) is 5.91. The Morgan fingerprint density at radius 1 is 0.806 bits per heavy atom. The highest BCUT2D eigenvalue weighted by atomic mass is 127. The fourth-order valence-corrected chi connectivity index (χ4v) is 6.01. The Bertz CT molecular complexity index is 1590. The Kier molecular flexibility index (Phi) is 6.56. The van der Waals surface area contributed by atoms with Crippen molar-refractivity contribution in [1.82, 2.24) is 0 Å². The zero-order chi connectivity index (χ0) is 25.6. The average molecular weight is 700 g/mol. The van der Waals surface area contributed by atoms with Gasteiger partial charge in [0.1, 0.15) is 11.3 Å². The summed E-state index contributed by atoms with van der Waals surface area (Å²) in [6, 6.07) is 22.4. The van der Waals surface area contributed by atoms with Crippen molar-refractivity contribution in [3.05, 3.63) is 103 Å². The number of phenolic OH excluding ortho intramolecular Hbond substituents is 1. The van der Waals surface area contributed by atoms with E-state index in [0.717, 1.165) is 24.3 Å². The van der Waals surface area contributed by atoms with Gasteiger partial charge in [-0.2, -0.15) is 0 Å². The minimum absolute atomic E-state index is 0.0420. The van der Waals surface area contributed by atoms with Gasteiger partial charge in [-0.25, -0.2) is 14.6 Å². The van der Waals surface area contributed by atoms with Crippen molar-refractivity contribution in [2.45, 2.75) is 6.92 Å². The van der Waals surface area contributed by atoms with E-state index in [0.29, 0.717) is 25.9 Å². The number of anilines is 2. The SMILES string of the molecule is Cc1ccc(N2C(=O)/C(=C\c3cc(I)cc(I)c3O)C(=O)N(c3cccc4ccccc34)C2=O)cc1. The van der Waals surface area contributed by atoms with Gasteiger partial charge in [-0.05, 0) is 93.9 Å². The van der Waals surface area contributed by atoms with Gasteiger partial charge in [-0.15, -0.1) is 0 Å². The molecule has 1 N–H and O–H groups in total. The summed E-state index contributed by atoms with van der Waals surface area (Å²) >= 11 is 4.10. The van der Waals surface area contributed by atoms with Gasteiger partial charge in [0.2, 0.25) is 0 Å². The van der Waals surface area contributed by atoms with Crippen LogP contribution in [-0.4, -0.2) is 23.0 Å². The van der Waals surface area contributed by atoms with Gasteiger partial charge in [0, 0.05) is 14.5 Å². The highest BCUT2D eigenvalue weighted by Gasteiger charge is 2.44. The lowest BCUT2D eigenvalue weighted by Crippen LogP contribution is -2.57. The van der Waals surface area contributed by atoms with Gasteiger partial charge in [0.25, 0.3) is 11.8 Å². The molecule has 4 amide bonds. The standard InChI is InChI=1S/C28H18I2N2O4/c1-16-9-11-20(12-10-16)31-26(34)22(14-18-13-19(29)15-23(30)25(18)33)27(35)32(28(31)36)24-8-4-6-17-5-2-3-7-21(17)24/h2-15,33H,1H3/b22-14+. The first-order chi connectivity index (χ1) is 17.3. The number of carbonyl (C=O) groups excluding carboxylic acids is 3. The molecule has 8 heteroatoms. The second kappa shape index (κ2) is 9.66. The number of benzene rings is 4. The Labute approximate surface area is 234 Å². The number of hydrogen-bond donors (Lipinski definition) is 1. The molecule has 0 bridgehead atoms. The van der Waals surface area contributed by atoms with Crippen molar-refractivity contribution in [3.63, 3.8) is 0 Å². The number of carbonyl (C=O) groups is 3. The number of fused-ring (bicyclic) bond motifs is 1. The molecule has 1 heterocycles. The van der Waals surface area contributed by atoms with Crippen molar-refractivity contribution in [1.29, 1.82) is 0 Å². The number of amides is 4. The number of aryl methyl sites for hydroxylation is 1. The summed E-state index contributed by atoms with van der Waals surface area (Å²) in [5, 5.41) is 12.2. The summed E-state index contributed by atoms with van der Waals surface area (Å²) in [4.78, 5) is 43.3. The third-order valence-corrected chi connectivity index (χ3v) is 7.35. The van der Waals surface area contributed by atoms with E-state index < -0.39 is 17.8 Å². The number of rotatable bonds is 3. The maximum atomic E-state index is 13.8. The zero-order valence-corrected chi connectivity index (χ0v) is 23.2. The Morgan fingerprint density at radius 3 is 2.22 bits per heavy atom. The van der Waals surface area contributed by atoms with Crippen LogP contribution >= 0.6 is 45.2 Å². The molecule has 1 fully saturated rings.